The molecule has 2 fully saturated rings. The van der Waals surface area contributed by atoms with Gasteiger partial charge in [-0.25, -0.2) is 0 Å². The predicted molar refractivity (Wildman–Crippen MR) is 37.2 cm³/mol. The summed E-state index contributed by atoms with van der Waals surface area (Å²) in [5, 5.41) is 0. The van der Waals surface area contributed by atoms with Crippen molar-refractivity contribution in [3.8, 4) is 0 Å². The van der Waals surface area contributed by atoms with E-state index in [9.17, 15) is 0 Å². The summed E-state index contributed by atoms with van der Waals surface area (Å²) in [5.74, 6) is 0. The Balaban J connectivity index is 1.81. The monoisotopic (exact) mass is 144 g/mol. The van der Waals surface area contributed by atoms with Gasteiger partial charge in [0.15, 0.2) is 9.76 Å². The second-order valence-electron chi connectivity index (χ2n) is 2.76. The van der Waals surface area contributed by atoms with Crippen LogP contribution in [0.25, 0.3) is 0 Å². The Labute approximate surface area is 57.5 Å². The van der Waals surface area contributed by atoms with Crippen molar-refractivity contribution in [1.82, 2.24) is 0 Å². The molecule has 3 heteroatoms. The first kappa shape index (κ1) is 5.89. The third kappa shape index (κ3) is 1.34. The van der Waals surface area contributed by atoms with Gasteiger partial charge in [0.1, 0.15) is 0 Å². The van der Waals surface area contributed by atoms with Crippen molar-refractivity contribution in [3.05, 3.63) is 0 Å². The summed E-state index contributed by atoms with van der Waals surface area (Å²) in [7, 11) is -0.134. The van der Waals surface area contributed by atoms with E-state index < -0.39 is 0 Å². The maximum absolute atomic E-state index is 5.43. The van der Waals surface area contributed by atoms with Gasteiger partial charge in [0.05, 0.1) is 12.2 Å². The minimum atomic E-state index is -0.134. The topological polar surface area (TPSA) is 21.8 Å². The van der Waals surface area contributed by atoms with Crippen molar-refractivity contribution in [2.24, 2.45) is 0 Å². The highest BCUT2D eigenvalue weighted by atomic mass is 28.2. The molecule has 2 unspecified atom stereocenters. The number of rotatable bonds is 0. The van der Waals surface area contributed by atoms with Crippen LogP contribution in [0.2, 0.25) is 6.04 Å². The molecular formula is C6H12O2Si. The van der Waals surface area contributed by atoms with Gasteiger partial charge >= 0.3 is 0 Å². The summed E-state index contributed by atoms with van der Waals surface area (Å²) >= 11 is 0. The first-order valence-corrected chi connectivity index (χ1v) is 5.28. The van der Waals surface area contributed by atoms with E-state index in [-0.39, 0.29) is 9.76 Å². The maximum Gasteiger partial charge on any atom is 0.161 e. The lowest BCUT2D eigenvalue weighted by atomic mass is 10.2. The minimum Gasteiger partial charge on any atom is -0.424 e. The first-order chi connectivity index (χ1) is 4.47. The molecule has 0 amide bonds. The number of ether oxygens (including phenoxy) is 1. The molecular weight excluding hydrogens is 132 g/mol. The Bertz CT molecular complexity index is 95.2. The van der Waals surface area contributed by atoms with E-state index in [1.54, 1.807) is 0 Å². The van der Waals surface area contributed by atoms with Crippen molar-refractivity contribution in [2.75, 3.05) is 6.61 Å². The zero-order valence-electron chi connectivity index (χ0n) is 5.51. The Kier molecular flexibility index (Phi) is 1.57. The Morgan fingerprint density at radius 2 is 2.11 bits per heavy atom. The molecule has 2 rings (SSSR count). The van der Waals surface area contributed by atoms with Crippen LogP contribution in [-0.2, 0) is 9.16 Å². The number of hydrogen-bond acceptors (Lipinski definition) is 2. The van der Waals surface area contributed by atoms with Crippen LogP contribution in [0, 0.1) is 0 Å². The Morgan fingerprint density at radius 1 is 1.22 bits per heavy atom. The second-order valence-corrected chi connectivity index (χ2v) is 4.28. The third-order valence-electron chi connectivity index (χ3n) is 2.01. The molecule has 52 valence electrons. The van der Waals surface area contributed by atoms with Crippen molar-refractivity contribution < 1.29 is 9.16 Å². The molecule has 0 bridgehead atoms. The lowest BCUT2D eigenvalue weighted by Crippen LogP contribution is -2.09. The molecule has 2 aliphatic rings. The quantitative estimate of drug-likeness (QED) is 0.354. The zero-order valence-corrected chi connectivity index (χ0v) is 6.92. The highest BCUT2D eigenvalue weighted by Crippen LogP contribution is 2.30. The SMILES string of the molecule is C1CC2OC2CC[SiH2]O1. The molecule has 9 heavy (non-hydrogen) atoms. The lowest BCUT2D eigenvalue weighted by Gasteiger charge is -2.03. The van der Waals surface area contributed by atoms with Gasteiger partial charge in [0.2, 0.25) is 0 Å². The molecule has 0 aromatic heterocycles. The molecule has 2 heterocycles. The van der Waals surface area contributed by atoms with Crippen LogP contribution in [-0.4, -0.2) is 28.6 Å². The van der Waals surface area contributed by atoms with Crippen LogP contribution in [0.5, 0.6) is 0 Å². The average Bonchev–Trinajstić information content (AvgIpc) is 2.46. The molecule has 0 aliphatic carbocycles. The van der Waals surface area contributed by atoms with Crippen molar-refractivity contribution in [1.29, 1.82) is 0 Å². The van der Waals surface area contributed by atoms with Crippen LogP contribution in [0.1, 0.15) is 12.8 Å². The van der Waals surface area contributed by atoms with E-state index in [0.29, 0.717) is 12.2 Å². The lowest BCUT2D eigenvalue weighted by molar-refractivity contribution is 0.296. The summed E-state index contributed by atoms with van der Waals surface area (Å²) in [5.41, 5.74) is 0. The highest BCUT2D eigenvalue weighted by molar-refractivity contribution is 6.27. The number of epoxide rings is 1. The number of hydrogen-bond donors (Lipinski definition) is 0. The summed E-state index contributed by atoms with van der Waals surface area (Å²) in [6, 6.07) is 1.32. The molecule has 2 atom stereocenters. The molecule has 0 spiro atoms. The standard InChI is InChI=1S/C6H12O2Si/c1-3-7-9-4-2-6-5(1)8-6/h5-6H,1-4,9H2. The van der Waals surface area contributed by atoms with Gasteiger partial charge in [-0.1, -0.05) is 0 Å². The normalized spacial score (nSPS) is 45.3. The minimum absolute atomic E-state index is 0.134. The van der Waals surface area contributed by atoms with E-state index in [2.05, 4.69) is 0 Å². The van der Waals surface area contributed by atoms with E-state index in [4.69, 9.17) is 9.16 Å². The smallest absolute Gasteiger partial charge is 0.161 e. The van der Waals surface area contributed by atoms with Crippen LogP contribution < -0.4 is 0 Å². The first-order valence-electron chi connectivity index (χ1n) is 3.70. The van der Waals surface area contributed by atoms with Crippen molar-refractivity contribution in [3.63, 3.8) is 0 Å². The fourth-order valence-corrected chi connectivity index (χ4v) is 2.52. The third-order valence-corrected chi connectivity index (χ3v) is 3.29. The maximum atomic E-state index is 5.43. The molecule has 0 aromatic carbocycles. The van der Waals surface area contributed by atoms with Crippen molar-refractivity contribution >= 4 is 9.76 Å². The van der Waals surface area contributed by atoms with E-state index in [1.165, 1.54) is 12.5 Å². The molecule has 2 saturated heterocycles. The highest BCUT2D eigenvalue weighted by Gasteiger charge is 2.38. The molecule has 2 aliphatic heterocycles. The van der Waals surface area contributed by atoms with Gasteiger partial charge in [-0.05, 0) is 18.9 Å². The summed E-state index contributed by atoms with van der Waals surface area (Å²) in [6.07, 6.45) is 3.65. The van der Waals surface area contributed by atoms with Gasteiger partial charge in [-0.2, -0.15) is 0 Å². The molecule has 0 radical (unpaired) electrons. The van der Waals surface area contributed by atoms with Gasteiger partial charge in [-0.15, -0.1) is 0 Å². The zero-order chi connectivity index (χ0) is 6.10. The van der Waals surface area contributed by atoms with Crippen molar-refractivity contribution in [2.45, 2.75) is 31.1 Å². The summed E-state index contributed by atoms with van der Waals surface area (Å²) < 4.78 is 10.8. The van der Waals surface area contributed by atoms with Crippen LogP contribution in [0.4, 0.5) is 0 Å². The molecule has 0 N–H and O–H groups in total. The van der Waals surface area contributed by atoms with Gasteiger partial charge in [0.25, 0.3) is 0 Å². The fourth-order valence-electron chi connectivity index (χ4n) is 1.38. The van der Waals surface area contributed by atoms with Crippen LogP contribution in [0.3, 0.4) is 0 Å². The van der Waals surface area contributed by atoms with E-state index in [1.807, 2.05) is 0 Å². The molecule has 2 nitrogen and oxygen atoms in total. The Morgan fingerprint density at radius 3 is 3.11 bits per heavy atom. The van der Waals surface area contributed by atoms with E-state index in [0.717, 1.165) is 13.0 Å². The van der Waals surface area contributed by atoms with Gasteiger partial charge in [-0.3, -0.25) is 0 Å². The predicted octanol–water partition coefficient (Wildman–Crippen LogP) is 0.0663. The van der Waals surface area contributed by atoms with Gasteiger partial charge < -0.3 is 9.16 Å². The summed E-state index contributed by atoms with van der Waals surface area (Å²) in [4.78, 5) is 0. The molecule has 0 saturated carbocycles. The second kappa shape index (κ2) is 2.40. The Hall–Kier alpha value is 0.137. The average molecular weight is 144 g/mol. The number of fused-ring (bicyclic) bond motifs is 1. The largest absolute Gasteiger partial charge is 0.424 e. The summed E-state index contributed by atoms with van der Waals surface area (Å²) in [6.45, 7) is 0.966. The van der Waals surface area contributed by atoms with Crippen LogP contribution in [0.15, 0.2) is 0 Å². The fraction of sp³-hybridized carbons (Fsp3) is 1.00. The van der Waals surface area contributed by atoms with Gasteiger partial charge in [0, 0.05) is 6.61 Å². The van der Waals surface area contributed by atoms with Crippen LogP contribution >= 0.6 is 0 Å². The van der Waals surface area contributed by atoms with E-state index >= 15 is 0 Å². The molecule has 0 aromatic rings.